The molecule has 2 N–H and O–H groups in total. The van der Waals surface area contributed by atoms with Gasteiger partial charge in [-0.25, -0.2) is 0 Å². The molecule has 0 spiro atoms. The van der Waals surface area contributed by atoms with Crippen molar-refractivity contribution < 1.29 is 23.1 Å². The fraction of sp³-hybridized carbons (Fsp3) is 0.190. The summed E-state index contributed by atoms with van der Waals surface area (Å²) in [4.78, 5) is 12.2. The Morgan fingerprint density at radius 3 is 2.33 bits per heavy atom. The van der Waals surface area contributed by atoms with Crippen LogP contribution in [0.25, 0.3) is 10.8 Å². The summed E-state index contributed by atoms with van der Waals surface area (Å²) >= 11 is 0. The molecule has 1 unspecified atom stereocenters. The number of fused-ring (bicyclic) bond motifs is 1. The van der Waals surface area contributed by atoms with E-state index in [1.807, 2.05) is 42.5 Å². The monoisotopic (exact) mass is 373 g/mol. The van der Waals surface area contributed by atoms with Gasteiger partial charge in [-0.15, -0.1) is 0 Å². The third-order valence-electron chi connectivity index (χ3n) is 4.35. The predicted octanol–water partition coefficient (Wildman–Crippen LogP) is 4.25. The summed E-state index contributed by atoms with van der Waals surface area (Å²) in [6.45, 7) is -0.0744. The molecule has 27 heavy (non-hydrogen) atoms. The fourth-order valence-electron chi connectivity index (χ4n) is 2.90. The Labute approximate surface area is 154 Å². The largest absolute Gasteiger partial charge is 0.416 e. The van der Waals surface area contributed by atoms with Gasteiger partial charge in [0.25, 0.3) is 0 Å². The maximum absolute atomic E-state index is 12.6. The number of alkyl halides is 3. The Hall–Kier alpha value is -2.86. The van der Waals surface area contributed by atoms with E-state index < -0.39 is 17.8 Å². The van der Waals surface area contributed by atoms with Crippen molar-refractivity contribution in [3.05, 3.63) is 83.4 Å². The molecule has 3 aromatic carbocycles. The lowest BCUT2D eigenvalue weighted by atomic mass is 10.0. The zero-order valence-corrected chi connectivity index (χ0v) is 14.3. The molecule has 0 saturated heterocycles. The first-order valence-electron chi connectivity index (χ1n) is 8.43. The first kappa shape index (κ1) is 18.9. The van der Waals surface area contributed by atoms with Crippen LogP contribution in [-0.2, 0) is 17.4 Å². The molecule has 0 saturated carbocycles. The van der Waals surface area contributed by atoms with Gasteiger partial charge in [0.15, 0.2) is 0 Å². The van der Waals surface area contributed by atoms with Gasteiger partial charge < -0.3 is 10.4 Å². The van der Waals surface area contributed by atoms with Gasteiger partial charge in [-0.3, -0.25) is 4.79 Å². The van der Waals surface area contributed by atoms with Crippen molar-refractivity contribution in [3.63, 3.8) is 0 Å². The summed E-state index contributed by atoms with van der Waals surface area (Å²) in [5.74, 6) is -0.266. The van der Waals surface area contributed by atoms with Crippen LogP contribution in [0.3, 0.4) is 0 Å². The molecule has 0 aliphatic rings. The molecular formula is C21H18F3NO2. The average molecular weight is 373 g/mol. The number of rotatable bonds is 5. The summed E-state index contributed by atoms with van der Waals surface area (Å²) in [5, 5.41) is 14.8. The lowest BCUT2D eigenvalue weighted by Gasteiger charge is -2.14. The Kier molecular flexibility index (Phi) is 5.46. The quantitative estimate of drug-likeness (QED) is 0.702. The van der Waals surface area contributed by atoms with Crippen LogP contribution in [0.2, 0.25) is 0 Å². The smallest absolute Gasteiger partial charge is 0.387 e. The maximum atomic E-state index is 12.6. The summed E-state index contributed by atoms with van der Waals surface area (Å²) in [6, 6.07) is 17.7. The number of carbonyl (C=O) groups excluding carboxylic acids is 1. The Morgan fingerprint density at radius 2 is 1.63 bits per heavy atom. The standard InChI is InChI=1S/C21H18F3NO2/c22-21(23,24)17-10-8-15(9-11-17)19(26)13-25-20(27)12-16-6-3-5-14-4-1-2-7-18(14)16/h1-11,19,26H,12-13H2,(H,25,27). The molecule has 0 aliphatic carbocycles. The first-order chi connectivity index (χ1) is 12.8. The molecule has 0 fully saturated rings. The Morgan fingerprint density at radius 1 is 0.963 bits per heavy atom. The molecular weight excluding hydrogens is 355 g/mol. The van der Waals surface area contributed by atoms with Gasteiger partial charge in [-0.2, -0.15) is 13.2 Å². The number of benzene rings is 3. The number of hydrogen-bond acceptors (Lipinski definition) is 2. The van der Waals surface area contributed by atoms with Gasteiger partial charge in [0.05, 0.1) is 18.1 Å². The molecule has 0 aliphatic heterocycles. The van der Waals surface area contributed by atoms with Crippen molar-refractivity contribution in [3.8, 4) is 0 Å². The minimum Gasteiger partial charge on any atom is -0.387 e. The van der Waals surface area contributed by atoms with E-state index in [2.05, 4.69) is 5.32 Å². The first-order valence-corrected chi connectivity index (χ1v) is 8.43. The van der Waals surface area contributed by atoms with Crippen LogP contribution in [0.15, 0.2) is 66.7 Å². The van der Waals surface area contributed by atoms with Crippen molar-refractivity contribution in [1.29, 1.82) is 0 Å². The molecule has 3 rings (SSSR count). The van der Waals surface area contributed by atoms with E-state index in [9.17, 15) is 23.1 Å². The van der Waals surface area contributed by atoms with E-state index in [0.717, 1.165) is 28.5 Å². The van der Waals surface area contributed by atoms with Crippen molar-refractivity contribution in [2.24, 2.45) is 0 Å². The molecule has 3 nitrogen and oxygen atoms in total. The van der Waals surface area contributed by atoms with Crippen LogP contribution >= 0.6 is 0 Å². The minimum absolute atomic E-state index is 0.0744. The number of aliphatic hydroxyl groups is 1. The van der Waals surface area contributed by atoms with Gasteiger partial charge in [0.1, 0.15) is 0 Å². The van der Waals surface area contributed by atoms with E-state index in [0.29, 0.717) is 5.56 Å². The van der Waals surface area contributed by atoms with E-state index in [4.69, 9.17) is 0 Å². The highest BCUT2D eigenvalue weighted by atomic mass is 19.4. The van der Waals surface area contributed by atoms with Crippen LogP contribution in [0.1, 0.15) is 22.8 Å². The zero-order valence-electron chi connectivity index (χ0n) is 14.3. The van der Waals surface area contributed by atoms with Crippen LogP contribution in [0.4, 0.5) is 13.2 Å². The molecule has 0 aromatic heterocycles. The molecule has 6 heteroatoms. The number of nitrogens with one attached hydrogen (secondary N) is 1. The van der Waals surface area contributed by atoms with Gasteiger partial charge in [0, 0.05) is 6.54 Å². The average Bonchev–Trinajstić information content (AvgIpc) is 2.66. The second-order valence-electron chi connectivity index (χ2n) is 6.25. The normalized spacial score (nSPS) is 12.7. The van der Waals surface area contributed by atoms with Crippen LogP contribution < -0.4 is 5.32 Å². The number of amides is 1. The lowest BCUT2D eigenvalue weighted by molar-refractivity contribution is -0.137. The second kappa shape index (κ2) is 7.80. The van der Waals surface area contributed by atoms with E-state index in [1.54, 1.807) is 0 Å². The lowest BCUT2D eigenvalue weighted by Crippen LogP contribution is -2.29. The van der Waals surface area contributed by atoms with E-state index in [-0.39, 0.29) is 18.9 Å². The van der Waals surface area contributed by atoms with E-state index >= 15 is 0 Å². The minimum atomic E-state index is -4.42. The third kappa shape index (κ3) is 4.65. The fourth-order valence-corrected chi connectivity index (χ4v) is 2.90. The van der Waals surface area contributed by atoms with Crippen molar-refractivity contribution >= 4 is 16.7 Å². The van der Waals surface area contributed by atoms with E-state index in [1.165, 1.54) is 12.1 Å². The summed E-state index contributed by atoms with van der Waals surface area (Å²) in [5.41, 5.74) is 0.404. The molecule has 1 amide bonds. The summed E-state index contributed by atoms with van der Waals surface area (Å²) in [7, 11) is 0. The Bertz CT molecular complexity index is 931. The number of carbonyl (C=O) groups is 1. The molecule has 0 heterocycles. The highest BCUT2D eigenvalue weighted by Crippen LogP contribution is 2.29. The molecule has 1 atom stereocenters. The summed E-state index contributed by atoms with van der Waals surface area (Å²) < 4.78 is 37.7. The van der Waals surface area contributed by atoms with Crippen LogP contribution in [-0.4, -0.2) is 17.6 Å². The van der Waals surface area contributed by atoms with Gasteiger partial charge in [-0.05, 0) is 34.0 Å². The Balaban J connectivity index is 1.60. The predicted molar refractivity (Wildman–Crippen MR) is 97.1 cm³/mol. The van der Waals surface area contributed by atoms with Gasteiger partial charge >= 0.3 is 6.18 Å². The highest BCUT2D eigenvalue weighted by Gasteiger charge is 2.30. The molecule has 140 valence electrons. The summed E-state index contributed by atoms with van der Waals surface area (Å²) in [6.07, 6.45) is -5.35. The number of aliphatic hydroxyl groups excluding tert-OH is 1. The van der Waals surface area contributed by atoms with Crippen molar-refractivity contribution in [2.45, 2.75) is 18.7 Å². The molecule has 0 bridgehead atoms. The van der Waals surface area contributed by atoms with Crippen LogP contribution in [0, 0.1) is 0 Å². The number of halogens is 3. The molecule has 3 aromatic rings. The number of hydrogen-bond donors (Lipinski definition) is 2. The van der Waals surface area contributed by atoms with Gasteiger partial charge in [-0.1, -0.05) is 54.6 Å². The van der Waals surface area contributed by atoms with Crippen molar-refractivity contribution in [2.75, 3.05) is 6.54 Å². The topological polar surface area (TPSA) is 49.3 Å². The highest BCUT2D eigenvalue weighted by molar-refractivity contribution is 5.90. The van der Waals surface area contributed by atoms with Crippen molar-refractivity contribution in [1.82, 2.24) is 5.32 Å². The second-order valence-corrected chi connectivity index (χ2v) is 6.25. The zero-order chi connectivity index (χ0) is 19.4. The van der Waals surface area contributed by atoms with Gasteiger partial charge in [0.2, 0.25) is 5.91 Å². The third-order valence-corrected chi connectivity index (χ3v) is 4.35. The SMILES string of the molecule is O=C(Cc1cccc2ccccc12)NCC(O)c1ccc(C(F)(F)F)cc1. The molecule has 0 radical (unpaired) electrons. The van der Waals surface area contributed by atoms with Crippen LogP contribution in [0.5, 0.6) is 0 Å². The maximum Gasteiger partial charge on any atom is 0.416 e.